The summed E-state index contributed by atoms with van der Waals surface area (Å²) in [6.07, 6.45) is 9.27. The zero-order chi connectivity index (χ0) is 12.2. The van der Waals surface area contributed by atoms with Crippen molar-refractivity contribution < 1.29 is 4.42 Å². The Kier molecular flexibility index (Phi) is 3.26. The first-order valence-electron chi connectivity index (χ1n) is 6.52. The number of fused-ring (bicyclic) bond motifs is 1. The third-order valence-corrected chi connectivity index (χ3v) is 3.39. The van der Waals surface area contributed by atoms with E-state index in [4.69, 9.17) is 4.42 Å². The fourth-order valence-electron chi connectivity index (χ4n) is 2.43. The van der Waals surface area contributed by atoms with Gasteiger partial charge in [-0.2, -0.15) is 0 Å². The molecule has 0 aliphatic heterocycles. The van der Waals surface area contributed by atoms with Crippen molar-refractivity contribution in [3.05, 3.63) is 41.7 Å². The Labute approximate surface area is 106 Å². The normalized spacial score (nSPS) is 14.9. The monoisotopic (exact) mass is 243 g/mol. The molecule has 1 aliphatic rings. The van der Waals surface area contributed by atoms with Crippen LogP contribution in [0.25, 0.3) is 0 Å². The minimum atomic E-state index is 0.677. The fraction of sp³-hybridized carbons (Fsp3) is 0.429. The van der Waals surface area contributed by atoms with E-state index >= 15 is 0 Å². The molecule has 0 aromatic carbocycles. The number of hydrogen-bond acceptors (Lipinski definition) is 4. The zero-order valence-corrected chi connectivity index (χ0v) is 10.4. The number of hydrogen-bond donors (Lipinski definition) is 1. The molecule has 18 heavy (non-hydrogen) atoms. The number of nitrogens with one attached hydrogen (secondary N) is 1. The molecule has 0 saturated heterocycles. The number of rotatable bonds is 3. The maximum absolute atomic E-state index is 5.32. The Balaban J connectivity index is 1.79. The predicted octanol–water partition coefficient (Wildman–Crippen LogP) is 2.95. The first kappa shape index (κ1) is 11.3. The Morgan fingerprint density at radius 3 is 3.00 bits per heavy atom. The van der Waals surface area contributed by atoms with Gasteiger partial charge in [-0.05, 0) is 37.8 Å². The summed E-state index contributed by atoms with van der Waals surface area (Å²) in [5, 5.41) is 3.36. The molecular weight excluding hydrogens is 226 g/mol. The molecule has 2 aromatic rings. The number of aryl methyl sites for hydroxylation is 1. The van der Waals surface area contributed by atoms with Gasteiger partial charge in [-0.15, -0.1) is 0 Å². The van der Waals surface area contributed by atoms with Crippen LogP contribution in [0.3, 0.4) is 0 Å². The summed E-state index contributed by atoms with van der Waals surface area (Å²) in [5.41, 5.74) is 2.51. The maximum Gasteiger partial charge on any atom is 0.133 e. The second-order valence-electron chi connectivity index (χ2n) is 4.64. The predicted molar refractivity (Wildman–Crippen MR) is 69.3 cm³/mol. The van der Waals surface area contributed by atoms with Crippen molar-refractivity contribution in [2.45, 2.75) is 38.6 Å². The highest BCUT2D eigenvalue weighted by Gasteiger charge is 2.14. The van der Waals surface area contributed by atoms with Crippen LogP contribution in [0.5, 0.6) is 0 Å². The van der Waals surface area contributed by atoms with Crippen molar-refractivity contribution in [2.24, 2.45) is 0 Å². The Morgan fingerprint density at radius 2 is 2.11 bits per heavy atom. The molecule has 94 valence electrons. The van der Waals surface area contributed by atoms with Gasteiger partial charge >= 0.3 is 0 Å². The lowest BCUT2D eigenvalue weighted by atomic mass is 10.1. The molecule has 1 N–H and O–H groups in total. The van der Waals surface area contributed by atoms with Gasteiger partial charge in [0.1, 0.15) is 17.9 Å². The molecule has 0 amide bonds. The Morgan fingerprint density at radius 1 is 1.17 bits per heavy atom. The molecule has 1 aliphatic carbocycles. The number of nitrogens with zero attached hydrogens (tertiary/aromatic N) is 2. The third kappa shape index (κ3) is 2.37. The average molecular weight is 243 g/mol. The SMILES string of the molecule is c1coc(CNc2ncnc3c2CCCCC3)c1. The average Bonchev–Trinajstić information content (AvgIpc) is 2.79. The van der Waals surface area contributed by atoms with Gasteiger partial charge in [0, 0.05) is 11.3 Å². The van der Waals surface area contributed by atoms with Gasteiger partial charge in [-0.25, -0.2) is 9.97 Å². The molecular formula is C14H17N3O. The summed E-state index contributed by atoms with van der Waals surface area (Å²) < 4.78 is 5.32. The number of aromatic nitrogens is 2. The van der Waals surface area contributed by atoms with Crippen LogP contribution in [0, 0.1) is 0 Å². The van der Waals surface area contributed by atoms with E-state index in [0.29, 0.717) is 6.54 Å². The summed E-state index contributed by atoms with van der Waals surface area (Å²) in [6, 6.07) is 3.87. The van der Waals surface area contributed by atoms with Crippen molar-refractivity contribution in [1.29, 1.82) is 0 Å². The zero-order valence-electron chi connectivity index (χ0n) is 10.4. The highest BCUT2D eigenvalue weighted by atomic mass is 16.3. The van der Waals surface area contributed by atoms with Crippen molar-refractivity contribution in [3.8, 4) is 0 Å². The van der Waals surface area contributed by atoms with Crippen molar-refractivity contribution in [1.82, 2.24) is 9.97 Å². The van der Waals surface area contributed by atoms with Crippen LogP contribution in [0.2, 0.25) is 0 Å². The lowest BCUT2D eigenvalue weighted by Gasteiger charge is -2.11. The molecule has 0 radical (unpaired) electrons. The van der Waals surface area contributed by atoms with E-state index < -0.39 is 0 Å². The highest BCUT2D eigenvalue weighted by molar-refractivity contribution is 5.46. The standard InChI is InChI=1S/C14H17N3O/c1-2-6-12-13(7-3-1)16-10-17-14(12)15-9-11-5-4-8-18-11/h4-5,8,10H,1-3,6-7,9H2,(H,15,16,17). The summed E-state index contributed by atoms with van der Waals surface area (Å²) >= 11 is 0. The minimum Gasteiger partial charge on any atom is -0.467 e. The van der Waals surface area contributed by atoms with Gasteiger partial charge in [0.2, 0.25) is 0 Å². The topological polar surface area (TPSA) is 51.0 Å². The molecule has 2 heterocycles. The molecule has 0 spiro atoms. The molecule has 4 nitrogen and oxygen atoms in total. The Hall–Kier alpha value is -1.84. The largest absolute Gasteiger partial charge is 0.467 e. The molecule has 0 atom stereocenters. The summed E-state index contributed by atoms with van der Waals surface area (Å²) in [5.74, 6) is 1.90. The molecule has 0 saturated carbocycles. The van der Waals surface area contributed by atoms with Crippen LogP contribution in [-0.2, 0) is 19.4 Å². The van der Waals surface area contributed by atoms with Crippen molar-refractivity contribution in [3.63, 3.8) is 0 Å². The maximum atomic E-state index is 5.32. The third-order valence-electron chi connectivity index (χ3n) is 3.39. The Bertz CT molecular complexity index is 508. The van der Waals surface area contributed by atoms with Crippen LogP contribution in [0.15, 0.2) is 29.1 Å². The lowest BCUT2D eigenvalue weighted by molar-refractivity contribution is 0.517. The van der Waals surface area contributed by atoms with Crippen LogP contribution in [0.1, 0.15) is 36.3 Å². The van der Waals surface area contributed by atoms with Crippen LogP contribution >= 0.6 is 0 Å². The molecule has 0 bridgehead atoms. The van der Waals surface area contributed by atoms with E-state index in [1.807, 2.05) is 12.1 Å². The van der Waals surface area contributed by atoms with Crippen LogP contribution in [-0.4, -0.2) is 9.97 Å². The van der Waals surface area contributed by atoms with Crippen LogP contribution < -0.4 is 5.32 Å². The first-order valence-corrected chi connectivity index (χ1v) is 6.52. The molecule has 2 aromatic heterocycles. The fourth-order valence-corrected chi connectivity index (χ4v) is 2.43. The van der Waals surface area contributed by atoms with E-state index in [1.54, 1.807) is 12.6 Å². The first-order chi connectivity index (χ1) is 8.93. The van der Waals surface area contributed by atoms with Crippen LogP contribution in [0.4, 0.5) is 5.82 Å². The van der Waals surface area contributed by atoms with Gasteiger partial charge in [-0.1, -0.05) is 6.42 Å². The van der Waals surface area contributed by atoms with Gasteiger partial charge < -0.3 is 9.73 Å². The van der Waals surface area contributed by atoms with Gasteiger partial charge in [0.15, 0.2) is 0 Å². The van der Waals surface area contributed by atoms with Gasteiger partial charge in [0.05, 0.1) is 12.8 Å². The van der Waals surface area contributed by atoms with E-state index in [2.05, 4.69) is 15.3 Å². The summed E-state index contributed by atoms with van der Waals surface area (Å²) in [4.78, 5) is 8.78. The second-order valence-corrected chi connectivity index (χ2v) is 4.64. The smallest absolute Gasteiger partial charge is 0.133 e. The number of furan rings is 1. The van der Waals surface area contributed by atoms with E-state index in [1.165, 1.54) is 30.5 Å². The van der Waals surface area contributed by atoms with E-state index in [0.717, 1.165) is 24.4 Å². The molecule has 3 rings (SSSR count). The summed E-state index contributed by atoms with van der Waals surface area (Å²) in [6.45, 7) is 0.677. The number of anilines is 1. The molecule has 0 fully saturated rings. The van der Waals surface area contributed by atoms with Gasteiger partial charge in [-0.3, -0.25) is 0 Å². The highest BCUT2D eigenvalue weighted by Crippen LogP contribution is 2.24. The minimum absolute atomic E-state index is 0.677. The van der Waals surface area contributed by atoms with E-state index in [9.17, 15) is 0 Å². The molecule has 0 unspecified atom stereocenters. The lowest BCUT2D eigenvalue weighted by Crippen LogP contribution is -2.07. The molecule has 4 heteroatoms. The van der Waals surface area contributed by atoms with Gasteiger partial charge in [0.25, 0.3) is 0 Å². The quantitative estimate of drug-likeness (QED) is 0.842. The van der Waals surface area contributed by atoms with Crippen molar-refractivity contribution in [2.75, 3.05) is 5.32 Å². The van der Waals surface area contributed by atoms with Crippen molar-refractivity contribution >= 4 is 5.82 Å². The second kappa shape index (κ2) is 5.21. The van der Waals surface area contributed by atoms with E-state index in [-0.39, 0.29) is 0 Å². The summed E-state index contributed by atoms with van der Waals surface area (Å²) in [7, 11) is 0.